The maximum absolute atomic E-state index is 12.5. The molecule has 90 valence electrons. The Morgan fingerprint density at radius 3 is 2.33 bits per heavy atom. The van der Waals surface area contributed by atoms with E-state index in [1.807, 2.05) is 30.3 Å². The minimum absolute atomic E-state index is 0.105. The van der Waals surface area contributed by atoms with Crippen LogP contribution in [0, 0.1) is 6.92 Å². The van der Waals surface area contributed by atoms with Crippen molar-refractivity contribution >= 4 is 5.78 Å². The Morgan fingerprint density at radius 2 is 1.56 bits per heavy atom. The average molecular weight is 236 g/mol. The number of aryl methyl sites for hydroxylation is 1. The van der Waals surface area contributed by atoms with Crippen molar-refractivity contribution in [3.05, 3.63) is 70.3 Å². The first-order chi connectivity index (χ1) is 8.51. The van der Waals surface area contributed by atoms with Crippen molar-refractivity contribution in [3.8, 4) is 0 Å². The van der Waals surface area contributed by atoms with E-state index >= 15 is 0 Å². The molecule has 1 nitrogen and oxygen atoms in total. The second kappa shape index (κ2) is 3.55. The molecule has 0 saturated carbocycles. The van der Waals surface area contributed by atoms with Gasteiger partial charge in [0.2, 0.25) is 0 Å². The number of fused-ring (bicyclic) bond motifs is 2. The van der Waals surface area contributed by atoms with Crippen LogP contribution in [0.3, 0.4) is 0 Å². The molecule has 0 atom stereocenters. The van der Waals surface area contributed by atoms with Crippen molar-refractivity contribution < 1.29 is 4.79 Å². The highest BCUT2D eigenvalue weighted by Gasteiger charge is 2.36. The molecule has 2 aromatic rings. The van der Waals surface area contributed by atoms with Gasteiger partial charge in [0.1, 0.15) is 0 Å². The summed E-state index contributed by atoms with van der Waals surface area (Å²) < 4.78 is 0. The van der Waals surface area contributed by atoms with Gasteiger partial charge in [-0.05, 0) is 18.1 Å². The van der Waals surface area contributed by atoms with Gasteiger partial charge in [0.25, 0.3) is 0 Å². The number of hydrogen-bond donors (Lipinski definition) is 0. The molecule has 18 heavy (non-hydrogen) atoms. The number of carbonyl (C=O) groups excluding carboxylic acids is 1. The van der Waals surface area contributed by atoms with Gasteiger partial charge in [-0.3, -0.25) is 4.79 Å². The van der Waals surface area contributed by atoms with Crippen LogP contribution in [0.1, 0.15) is 46.5 Å². The van der Waals surface area contributed by atoms with Crippen molar-refractivity contribution in [1.29, 1.82) is 0 Å². The number of ketones is 1. The second-order valence-electron chi connectivity index (χ2n) is 5.55. The maximum atomic E-state index is 12.5. The van der Waals surface area contributed by atoms with Crippen molar-refractivity contribution in [2.24, 2.45) is 0 Å². The van der Waals surface area contributed by atoms with Gasteiger partial charge in [-0.1, -0.05) is 61.9 Å². The van der Waals surface area contributed by atoms with Gasteiger partial charge in [0, 0.05) is 16.5 Å². The number of benzene rings is 2. The van der Waals surface area contributed by atoms with E-state index in [1.54, 1.807) is 0 Å². The van der Waals surface area contributed by atoms with E-state index in [4.69, 9.17) is 0 Å². The average Bonchev–Trinajstić information content (AvgIpc) is 2.36. The fraction of sp³-hybridized carbons (Fsp3) is 0.235. The Bertz CT molecular complexity index is 650. The molecular formula is C17H16O. The third-order valence-corrected chi connectivity index (χ3v) is 3.94. The fourth-order valence-electron chi connectivity index (χ4n) is 2.89. The van der Waals surface area contributed by atoms with Gasteiger partial charge in [0.05, 0.1) is 0 Å². The van der Waals surface area contributed by atoms with E-state index in [9.17, 15) is 4.79 Å². The van der Waals surface area contributed by atoms with Crippen LogP contribution in [0.2, 0.25) is 0 Å². The van der Waals surface area contributed by atoms with Crippen LogP contribution in [0.4, 0.5) is 0 Å². The van der Waals surface area contributed by atoms with Gasteiger partial charge in [-0.15, -0.1) is 0 Å². The van der Waals surface area contributed by atoms with E-state index in [0.29, 0.717) is 0 Å². The molecule has 0 saturated heterocycles. The van der Waals surface area contributed by atoms with Crippen molar-refractivity contribution in [1.82, 2.24) is 0 Å². The van der Waals surface area contributed by atoms with Crippen LogP contribution in [-0.2, 0) is 5.41 Å². The van der Waals surface area contributed by atoms with Gasteiger partial charge in [0.15, 0.2) is 5.78 Å². The predicted octanol–water partition coefficient (Wildman–Crippen LogP) is 3.87. The molecule has 0 spiro atoms. The monoisotopic (exact) mass is 236 g/mol. The SMILES string of the molecule is Cc1ccc2c(c1)C(C)(C)c1ccccc1C2=O. The highest BCUT2D eigenvalue weighted by atomic mass is 16.1. The van der Waals surface area contributed by atoms with Crippen molar-refractivity contribution in [2.45, 2.75) is 26.2 Å². The highest BCUT2D eigenvalue weighted by molar-refractivity contribution is 6.13. The molecule has 0 amide bonds. The summed E-state index contributed by atoms with van der Waals surface area (Å²) in [6.07, 6.45) is 0. The Morgan fingerprint density at radius 1 is 0.889 bits per heavy atom. The zero-order valence-electron chi connectivity index (χ0n) is 10.9. The standard InChI is InChI=1S/C17H16O/c1-11-8-9-13-15(10-11)17(2,3)14-7-5-4-6-12(14)16(13)18/h4-10H,1-3H3. The zero-order chi connectivity index (χ0) is 12.9. The summed E-state index contributed by atoms with van der Waals surface area (Å²) in [5.41, 5.74) is 5.07. The Hall–Kier alpha value is -1.89. The summed E-state index contributed by atoms with van der Waals surface area (Å²) in [6.45, 7) is 6.45. The third kappa shape index (κ3) is 1.37. The third-order valence-electron chi connectivity index (χ3n) is 3.94. The predicted molar refractivity (Wildman–Crippen MR) is 73.2 cm³/mol. The van der Waals surface area contributed by atoms with E-state index in [-0.39, 0.29) is 11.2 Å². The summed E-state index contributed by atoms with van der Waals surface area (Å²) in [4.78, 5) is 12.5. The lowest BCUT2D eigenvalue weighted by Gasteiger charge is -2.34. The van der Waals surface area contributed by atoms with Crippen molar-refractivity contribution in [3.63, 3.8) is 0 Å². The summed E-state index contributed by atoms with van der Waals surface area (Å²) in [5, 5.41) is 0. The van der Waals surface area contributed by atoms with Crippen LogP contribution < -0.4 is 0 Å². The molecule has 3 rings (SSSR count). The van der Waals surface area contributed by atoms with Crippen LogP contribution in [0.15, 0.2) is 42.5 Å². The molecule has 2 aromatic carbocycles. The first kappa shape index (κ1) is 11.2. The molecule has 0 unspecified atom stereocenters. The Labute approximate surface area is 107 Å². The largest absolute Gasteiger partial charge is 0.289 e. The molecule has 0 aliphatic heterocycles. The zero-order valence-corrected chi connectivity index (χ0v) is 10.9. The Balaban J connectivity index is 2.37. The van der Waals surface area contributed by atoms with E-state index in [2.05, 4.69) is 32.9 Å². The molecule has 0 radical (unpaired) electrons. The lowest BCUT2D eigenvalue weighted by Crippen LogP contribution is -2.30. The van der Waals surface area contributed by atoms with Gasteiger partial charge < -0.3 is 0 Å². The molecular weight excluding hydrogens is 220 g/mol. The van der Waals surface area contributed by atoms with E-state index in [1.165, 1.54) is 5.56 Å². The second-order valence-corrected chi connectivity index (χ2v) is 5.55. The van der Waals surface area contributed by atoms with Gasteiger partial charge in [-0.25, -0.2) is 0 Å². The number of hydrogen-bond acceptors (Lipinski definition) is 1. The smallest absolute Gasteiger partial charge is 0.193 e. The summed E-state index contributed by atoms with van der Waals surface area (Å²) in [6, 6.07) is 14.1. The maximum Gasteiger partial charge on any atom is 0.193 e. The molecule has 1 aliphatic rings. The topological polar surface area (TPSA) is 17.1 Å². The first-order valence-electron chi connectivity index (χ1n) is 6.27. The minimum Gasteiger partial charge on any atom is -0.289 e. The van der Waals surface area contributed by atoms with Gasteiger partial charge in [-0.2, -0.15) is 0 Å². The molecule has 0 fully saturated rings. The number of rotatable bonds is 0. The lowest BCUT2D eigenvalue weighted by atomic mass is 9.68. The fourth-order valence-corrected chi connectivity index (χ4v) is 2.89. The molecule has 0 heterocycles. The van der Waals surface area contributed by atoms with E-state index in [0.717, 1.165) is 22.3 Å². The van der Waals surface area contributed by atoms with Crippen LogP contribution in [0.5, 0.6) is 0 Å². The summed E-state index contributed by atoms with van der Waals surface area (Å²) >= 11 is 0. The number of carbonyl (C=O) groups is 1. The molecule has 0 N–H and O–H groups in total. The lowest BCUT2D eigenvalue weighted by molar-refractivity contribution is 0.103. The molecule has 1 heteroatoms. The molecule has 0 aromatic heterocycles. The first-order valence-corrected chi connectivity index (χ1v) is 6.27. The highest BCUT2D eigenvalue weighted by Crippen LogP contribution is 2.41. The normalized spacial score (nSPS) is 16.1. The molecule has 1 aliphatic carbocycles. The minimum atomic E-state index is -0.105. The van der Waals surface area contributed by atoms with Gasteiger partial charge >= 0.3 is 0 Å². The molecule has 0 bridgehead atoms. The summed E-state index contributed by atoms with van der Waals surface area (Å²) in [7, 11) is 0. The van der Waals surface area contributed by atoms with E-state index < -0.39 is 0 Å². The summed E-state index contributed by atoms with van der Waals surface area (Å²) in [5.74, 6) is 0.153. The van der Waals surface area contributed by atoms with Crippen LogP contribution in [0.25, 0.3) is 0 Å². The van der Waals surface area contributed by atoms with Crippen molar-refractivity contribution in [2.75, 3.05) is 0 Å². The quantitative estimate of drug-likeness (QED) is 0.678. The van der Waals surface area contributed by atoms with Crippen LogP contribution >= 0.6 is 0 Å². The van der Waals surface area contributed by atoms with Crippen LogP contribution in [-0.4, -0.2) is 5.78 Å². The Kier molecular flexibility index (Phi) is 2.21.